The van der Waals surface area contributed by atoms with E-state index in [2.05, 4.69) is 21.8 Å². The van der Waals surface area contributed by atoms with Crippen LogP contribution in [0.15, 0.2) is 12.4 Å². The third-order valence-electron chi connectivity index (χ3n) is 1.47. The zero-order valence-electron chi connectivity index (χ0n) is 8.91. The molecule has 0 amide bonds. The van der Waals surface area contributed by atoms with Crippen molar-refractivity contribution in [3.63, 3.8) is 0 Å². The van der Waals surface area contributed by atoms with Gasteiger partial charge in [-0.1, -0.05) is 40.7 Å². The molecule has 1 aromatic heterocycles. The van der Waals surface area contributed by atoms with Crippen molar-refractivity contribution in [2.75, 3.05) is 13.2 Å². The molecule has 0 aliphatic heterocycles. The van der Waals surface area contributed by atoms with Crippen LogP contribution in [0.1, 0.15) is 6.92 Å². The summed E-state index contributed by atoms with van der Waals surface area (Å²) in [4.78, 5) is 7.72. The molecule has 0 bridgehead atoms. The second-order valence-electron chi connectivity index (χ2n) is 2.81. The molecule has 0 saturated carbocycles. The normalized spacial score (nSPS) is 10.4. The van der Waals surface area contributed by atoms with Gasteiger partial charge < -0.3 is 9.47 Å². The number of ether oxygens (including phenoxy) is 2. The maximum absolute atomic E-state index is 5.54. The van der Waals surface area contributed by atoms with Gasteiger partial charge >= 0.3 is 0 Å². The topological polar surface area (TPSA) is 44.2 Å². The van der Waals surface area contributed by atoms with Gasteiger partial charge in [-0.2, -0.15) is 0 Å². The van der Waals surface area contributed by atoms with Crippen molar-refractivity contribution in [1.29, 1.82) is 0 Å². The molecule has 4 nitrogen and oxygen atoms in total. The van der Waals surface area contributed by atoms with Crippen molar-refractivity contribution in [3.8, 4) is 23.6 Å². The van der Waals surface area contributed by atoms with Crippen LogP contribution in [0.2, 0.25) is 0 Å². The van der Waals surface area contributed by atoms with Crippen molar-refractivity contribution >= 4 is 34.8 Å². The van der Waals surface area contributed by atoms with Crippen molar-refractivity contribution in [2.24, 2.45) is 0 Å². The SMILES string of the molecule is CC#CCOc1cc(OCC(Cl)(Cl)Cl)ncn1. The minimum absolute atomic E-state index is 0.108. The highest BCUT2D eigenvalue weighted by Gasteiger charge is 2.20. The smallest absolute Gasteiger partial charge is 0.224 e. The van der Waals surface area contributed by atoms with E-state index in [9.17, 15) is 0 Å². The van der Waals surface area contributed by atoms with Crippen molar-refractivity contribution in [3.05, 3.63) is 12.4 Å². The van der Waals surface area contributed by atoms with E-state index in [1.165, 1.54) is 12.4 Å². The molecule has 1 aromatic rings. The lowest BCUT2D eigenvalue weighted by atomic mass is 10.6. The van der Waals surface area contributed by atoms with E-state index >= 15 is 0 Å². The van der Waals surface area contributed by atoms with E-state index < -0.39 is 3.79 Å². The highest BCUT2D eigenvalue weighted by atomic mass is 35.6. The molecule has 92 valence electrons. The van der Waals surface area contributed by atoms with Crippen LogP contribution in [0, 0.1) is 11.8 Å². The summed E-state index contributed by atoms with van der Waals surface area (Å²) in [5.41, 5.74) is 0. The van der Waals surface area contributed by atoms with Crippen LogP contribution in [0.5, 0.6) is 11.8 Å². The predicted molar refractivity (Wildman–Crippen MR) is 66.8 cm³/mol. The van der Waals surface area contributed by atoms with E-state index in [0.717, 1.165) is 0 Å². The molecular weight excluding hydrogens is 286 g/mol. The van der Waals surface area contributed by atoms with Crippen molar-refractivity contribution in [2.45, 2.75) is 10.7 Å². The molecule has 0 radical (unpaired) electrons. The second-order valence-corrected chi connectivity index (χ2v) is 5.33. The van der Waals surface area contributed by atoms with E-state index in [1.807, 2.05) is 0 Å². The molecule has 1 heterocycles. The van der Waals surface area contributed by atoms with Gasteiger partial charge in [0.25, 0.3) is 0 Å². The van der Waals surface area contributed by atoms with Gasteiger partial charge in [0.15, 0.2) is 6.61 Å². The Bertz CT molecular complexity index is 424. The quantitative estimate of drug-likeness (QED) is 0.633. The van der Waals surface area contributed by atoms with Gasteiger partial charge in [0.1, 0.15) is 12.9 Å². The zero-order chi connectivity index (χ0) is 12.7. The average Bonchev–Trinajstić information content (AvgIpc) is 2.27. The van der Waals surface area contributed by atoms with Crippen LogP contribution in [-0.4, -0.2) is 27.0 Å². The fourth-order valence-corrected chi connectivity index (χ4v) is 0.982. The molecule has 1 rings (SSSR count). The lowest BCUT2D eigenvalue weighted by molar-refractivity contribution is 0.304. The Hall–Kier alpha value is -0.890. The first-order chi connectivity index (χ1) is 8.01. The molecule has 17 heavy (non-hydrogen) atoms. The van der Waals surface area contributed by atoms with Gasteiger partial charge in [-0.15, -0.1) is 5.92 Å². The summed E-state index contributed by atoms with van der Waals surface area (Å²) < 4.78 is 8.88. The van der Waals surface area contributed by atoms with Crippen LogP contribution in [0.4, 0.5) is 0 Å². The van der Waals surface area contributed by atoms with Crippen molar-refractivity contribution in [1.82, 2.24) is 9.97 Å². The van der Waals surface area contributed by atoms with E-state index in [4.69, 9.17) is 44.3 Å². The summed E-state index contributed by atoms with van der Waals surface area (Å²) in [6.45, 7) is 1.86. The molecule has 7 heteroatoms. The first kappa shape index (κ1) is 14.2. The predicted octanol–water partition coefficient (Wildman–Crippen LogP) is 2.63. The van der Waals surface area contributed by atoms with Gasteiger partial charge in [-0.25, -0.2) is 9.97 Å². The van der Waals surface area contributed by atoms with E-state index in [-0.39, 0.29) is 19.1 Å². The first-order valence-electron chi connectivity index (χ1n) is 4.55. The highest BCUT2D eigenvalue weighted by Crippen LogP contribution is 2.26. The molecule has 0 atom stereocenters. The third kappa shape index (κ3) is 6.42. The number of alkyl halides is 3. The Labute approximate surface area is 114 Å². The van der Waals surface area contributed by atoms with Gasteiger partial charge in [0.05, 0.1) is 6.07 Å². The molecule has 0 aromatic carbocycles. The van der Waals surface area contributed by atoms with E-state index in [1.54, 1.807) is 6.92 Å². The maximum Gasteiger partial charge on any atom is 0.224 e. The Morgan fingerprint density at radius 3 is 2.47 bits per heavy atom. The van der Waals surface area contributed by atoms with Gasteiger partial charge in [-0.3, -0.25) is 0 Å². The largest absolute Gasteiger partial charge is 0.473 e. The summed E-state index contributed by atoms with van der Waals surface area (Å²) in [5.74, 6) is 6.05. The Morgan fingerprint density at radius 2 is 1.88 bits per heavy atom. The lowest BCUT2D eigenvalue weighted by Crippen LogP contribution is -2.16. The minimum Gasteiger partial charge on any atom is -0.473 e. The number of nitrogens with zero attached hydrogens (tertiary/aromatic N) is 2. The number of rotatable bonds is 4. The zero-order valence-corrected chi connectivity index (χ0v) is 11.2. The number of hydrogen-bond acceptors (Lipinski definition) is 4. The molecule has 0 unspecified atom stereocenters. The number of hydrogen-bond donors (Lipinski definition) is 0. The molecule has 0 N–H and O–H groups in total. The monoisotopic (exact) mass is 294 g/mol. The lowest BCUT2D eigenvalue weighted by Gasteiger charge is -2.11. The number of halogens is 3. The number of aromatic nitrogens is 2. The summed E-state index contributed by atoms with van der Waals surface area (Å²) in [7, 11) is 0. The fraction of sp³-hybridized carbons (Fsp3) is 0.400. The van der Waals surface area contributed by atoms with Gasteiger partial charge in [0.2, 0.25) is 15.6 Å². The minimum atomic E-state index is -1.49. The average molecular weight is 296 g/mol. The Balaban J connectivity index is 2.55. The summed E-state index contributed by atoms with van der Waals surface area (Å²) in [6, 6.07) is 1.49. The standard InChI is InChI=1S/C10H9Cl3N2O2/c1-2-3-4-16-8-5-9(15-7-14-8)17-6-10(11,12)13/h5,7H,4,6H2,1H3. The molecule has 0 saturated heterocycles. The second kappa shape index (κ2) is 6.75. The maximum atomic E-state index is 5.54. The van der Waals surface area contributed by atoms with Crippen LogP contribution in [0.3, 0.4) is 0 Å². The van der Waals surface area contributed by atoms with Crippen LogP contribution >= 0.6 is 34.8 Å². The van der Waals surface area contributed by atoms with Crippen LogP contribution in [0.25, 0.3) is 0 Å². The van der Waals surface area contributed by atoms with Gasteiger partial charge in [0, 0.05) is 0 Å². The Morgan fingerprint density at radius 1 is 1.24 bits per heavy atom. The molecule has 0 fully saturated rings. The molecule has 0 aliphatic carbocycles. The molecule has 0 aliphatic rings. The third-order valence-corrected chi connectivity index (χ3v) is 1.80. The van der Waals surface area contributed by atoms with Crippen LogP contribution in [-0.2, 0) is 0 Å². The summed E-state index contributed by atoms with van der Waals surface area (Å²) in [6.07, 6.45) is 1.29. The molecule has 0 spiro atoms. The van der Waals surface area contributed by atoms with Crippen molar-refractivity contribution < 1.29 is 9.47 Å². The van der Waals surface area contributed by atoms with E-state index in [0.29, 0.717) is 5.88 Å². The summed E-state index contributed by atoms with van der Waals surface area (Å²) in [5, 5.41) is 0. The summed E-state index contributed by atoms with van der Waals surface area (Å²) >= 11 is 16.6. The molecular formula is C10H9Cl3N2O2. The highest BCUT2D eigenvalue weighted by molar-refractivity contribution is 6.67. The first-order valence-corrected chi connectivity index (χ1v) is 5.68. The van der Waals surface area contributed by atoms with Gasteiger partial charge in [-0.05, 0) is 6.92 Å². The fourth-order valence-electron chi connectivity index (χ4n) is 0.819. The Kier molecular flexibility index (Phi) is 5.63. The van der Waals surface area contributed by atoms with Crippen LogP contribution < -0.4 is 9.47 Å².